The van der Waals surface area contributed by atoms with Gasteiger partial charge in [-0.15, -0.1) is 12.4 Å². The van der Waals surface area contributed by atoms with Crippen LogP contribution in [0.5, 0.6) is 0 Å². The van der Waals surface area contributed by atoms with Crippen molar-refractivity contribution in [2.75, 3.05) is 11.9 Å². The molecule has 0 aliphatic rings. The number of nitrogens with zero attached hydrogens (tertiary/aromatic N) is 5. The Kier molecular flexibility index (Phi) is 7.53. The van der Waals surface area contributed by atoms with Crippen molar-refractivity contribution in [3.05, 3.63) is 12.5 Å². The minimum Gasteiger partial charge on any atom is -0.310 e. The van der Waals surface area contributed by atoms with Crippen molar-refractivity contribution < 1.29 is 4.79 Å². The molecule has 0 radical (unpaired) electrons. The van der Waals surface area contributed by atoms with Crippen LogP contribution in [-0.4, -0.2) is 49.2 Å². The summed E-state index contributed by atoms with van der Waals surface area (Å²) in [5, 5.41) is 8.10. The number of halogens is 1. The molecule has 0 aliphatic carbocycles. The summed E-state index contributed by atoms with van der Waals surface area (Å²) < 4.78 is 1.88. The van der Waals surface area contributed by atoms with E-state index in [1.54, 1.807) is 6.20 Å². The van der Waals surface area contributed by atoms with E-state index < -0.39 is 5.41 Å². The van der Waals surface area contributed by atoms with E-state index in [4.69, 9.17) is 0 Å². The van der Waals surface area contributed by atoms with Crippen LogP contribution in [0, 0.1) is 5.41 Å². The molecule has 8 heteroatoms. The van der Waals surface area contributed by atoms with Gasteiger partial charge in [0, 0.05) is 24.0 Å². The lowest BCUT2D eigenvalue weighted by atomic mass is 9.96. The Bertz CT molecular complexity index is 727. The minimum atomic E-state index is -0.484. The van der Waals surface area contributed by atoms with E-state index in [9.17, 15) is 4.79 Å². The molecule has 0 saturated carbocycles. The van der Waals surface area contributed by atoms with Gasteiger partial charge in [-0.25, -0.2) is 14.6 Å². The largest absolute Gasteiger partial charge is 0.310 e. The summed E-state index contributed by atoms with van der Waals surface area (Å²) in [7, 11) is 0. The van der Waals surface area contributed by atoms with E-state index in [0.717, 1.165) is 24.1 Å². The van der Waals surface area contributed by atoms with Gasteiger partial charge in [-0.2, -0.15) is 5.10 Å². The van der Waals surface area contributed by atoms with Gasteiger partial charge in [0.25, 0.3) is 0 Å². The summed E-state index contributed by atoms with van der Waals surface area (Å²) in [5.74, 6) is 0.437. The molecule has 2 aromatic heterocycles. The smallest absolute Gasteiger partial charge is 0.230 e. The molecule has 2 aromatic rings. The standard InChI is InChI=1S/C18H30N6O.ClH/c1-12(2)23(13(3)4)8-9-24-16-14(10-21-24)15(19-11-20-16)22-17(25)18(5,6)7;/h10-13H,8-9H2,1-7H3,(H,19,20,22,25);1H. The number of rotatable bonds is 6. The summed E-state index contributed by atoms with van der Waals surface area (Å²) in [6.45, 7) is 16.0. The molecule has 0 aromatic carbocycles. The zero-order valence-corrected chi connectivity index (χ0v) is 17.6. The zero-order chi connectivity index (χ0) is 18.8. The lowest BCUT2D eigenvalue weighted by Crippen LogP contribution is -2.39. The molecule has 26 heavy (non-hydrogen) atoms. The van der Waals surface area contributed by atoms with Gasteiger partial charge in [0.05, 0.1) is 18.1 Å². The molecule has 0 spiro atoms. The first-order chi connectivity index (χ1) is 11.6. The molecule has 0 unspecified atom stereocenters. The quantitative estimate of drug-likeness (QED) is 0.829. The van der Waals surface area contributed by atoms with Crippen LogP contribution < -0.4 is 5.32 Å². The second-order valence-electron chi connectivity index (χ2n) is 7.96. The number of nitrogens with one attached hydrogen (secondary N) is 1. The number of hydrogen-bond acceptors (Lipinski definition) is 5. The maximum Gasteiger partial charge on any atom is 0.230 e. The second-order valence-corrected chi connectivity index (χ2v) is 7.96. The highest BCUT2D eigenvalue weighted by atomic mass is 35.5. The Morgan fingerprint density at radius 1 is 1.19 bits per heavy atom. The topological polar surface area (TPSA) is 75.9 Å². The molecule has 0 aliphatic heterocycles. The number of amides is 1. The molecule has 0 atom stereocenters. The molecule has 1 amide bonds. The van der Waals surface area contributed by atoms with Crippen molar-refractivity contribution in [3.63, 3.8) is 0 Å². The average Bonchev–Trinajstić information content (AvgIpc) is 2.90. The van der Waals surface area contributed by atoms with Crippen LogP contribution in [0.4, 0.5) is 5.82 Å². The van der Waals surface area contributed by atoms with Crippen molar-refractivity contribution >= 4 is 35.2 Å². The summed E-state index contributed by atoms with van der Waals surface area (Å²) in [5.41, 5.74) is 0.258. The zero-order valence-electron chi connectivity index (χ0n) is 16.8. The summed E-state index contributed by atoms with van der Waals surface area (Å²) in [6, 6.07) is 0.941. The molecule has 2 rings (SSSR count). The third-order valence-electron chi connectivity index (χ3n) is 4.24. The monoisotopic (exact) mass is 382 g/mol. The fraction of sp³-hybridized carbons (Fsp3) is 0.667. The number of carbonyl (C=O) groups excluding carboxylic acids is 1. The minimum absolute atomic E-state index is 0. The first kappa shape index (κ1) is 22.3. The molecular weight excluding hydrogens is 352 g/mol. The molecule has 0 bridgehead atoms. The molecule has 1 N–H and O–H groups in total. The molecule has 146 valence electrons. The van der Waals surface area contributed by atoms with Gasteiger partial charge in [-0.3, -0.25) is 9.69 Å². The van der Waals surface area contributed by atoms with E-state index in [0.29, 0.717) is 17.9 Å². The first-order valence-electron chi connectivity index (χ1n) is 8.85. The Morgan fingerprint density at radius 3 is 2.35 bits per heavy atom. The number of fused-ring (bicyclic) bond motifs is 1. The van der Waals surface area contributed by atoms with Gasteiger partial charge in [0.1, 0.15) is 12.1 Å². The van der Waals surface area contributed by atoms with Gasteiger partial charge in [-0.05, 0) is 27.7 Å². The molecule has 2 heterocycles. The normalized spacial score (nSPS) is 12.1. The van der Waals surface area contributed by atoms with Crippen LogP contribution in [-0.2, 0) is 11.3 Å². The fourth-order valence-electron chi connectivity index (χ4n) is 2.77. The van der Waals surface area contributed by atoms with Gasteiger partial charge in [-0.1, -0.05) is 20.8 Å². The lowest BCUT2D eigenvalue weighted by molar-refractivity contribution is -0.123. The number of carbonyl (C=O) groups is 1. The SMILES string of the molecule is CC(C)N(CCn1ncc2c(NC(=O)C(C)(C)C)ncnc21)C(C)C.Cl. The van der Waals surface area contributed by atoms with Crippen LogP contribution in [0.15, 0.2) is 12.5 Å². The van der Waals surface area contributed by atoms with Crippen LogP contribution in [0.25, 0.3) is 11.0 Å². The van der Waals surface area contributed by atoms with E-state index >= 15 is 0 Å². The van der Waals surface area contributed by atoms with Crippen molar-refractivity contribution in [2.24, 2.45) is 5.41 Å². The van der Waals surface area contributed by atoms with Crippen LogP contribution in [0.2, 0.25) is 0 Å². The Balaban J connectivity index is 0.00000338. The predicted octanol–water partition coefficient (Wildman–Crippen LogP) is 3.35. The van der Waals surface area contributed by atoms with E-state index in [2.05, 4.69) is 53.0 Å². The van der Waals surface area contributed by atoms with Crippen molar-refractivity contribution in [3.8, 4) is 0 Å². The molecular formula is C18H31ClN6O. The summed E-state index contributed by atoms with van der Waals surface area (Å²) >= 11 is 0. The Hall–Kier alpha value is -1.73. The van der Waals surface area contributed by atoms with Crippen molar-refractivity contribution in [1.82, 2.24) is 24.6 Å². The maximum absolute atomic E-state index is 12.2. The van der Waals surface area contributed by atoms with Gasteiger partial charge < -0.3 is 5.32 Å². The summed E-state index contributed by atoms with van der Waals surface area (Å²) in [4.78, 5) is 23.2. The highest BCUT2D eigenvalue weighted by Gasteiger charge is 2.23. The molecule has 0 fully saturated rings. The number of aromatic nitrogens is 4. The van der Waals surface area contributed by atoms with Crippen LogP contribution >= 0.6 is 12.4 Å². The van der Waals surface area contributed by atoms with Crippen LogP contribution in [0.1, 0.15) is 48.5 Å². The molecule has 7 nitrogen and oxygen atoms in total. The van der Waals surface area contributed by atoms with E-state index in [1.165, 1.54) is 6.33 Å². The Labute approximate surface area is 162 Å². The third kappa shape index (κ3) is 5.14. The third-order valence-corrected chi connectivity index (χ3v) is 4.24. The maximum atomic E-state index is 12.2. The van der Waals surface area contributed by atoms with Crippen molar-refractivity contribution in [2.45, 2.75) is 67.1 Å². The molecule has 0 saturated heterocycles. The van der Waals surface area contributed by atoms with Crippen LogP contribution in [0.3, 0.4) is 0 Å². The van der Waals surface area contributed by atoms with Gasteiger partial charge in [0.15, 0.2) is 5.65 Å². The van der Waals surface area contributed by atoms with E-state index in [1.807, 2.05) is 25.5 Å². The average molecular weight is 383 g/mol. The number of anilines is 1. The summed E-state index contributed by atoms with van der Waals surface area (Å²) in [6.07, 6.45) is 3.20. The predicted molar refractivity (Wildman–Crippen MR) is 108 cm³/mol. The highest BCUT2D eigenvalue weighted by Crippen LogP contribution is 2.22. The van der Waals surface area contributed by atoms with E-state index in [-0.39, 0.29) is 18.3 Å². The highest BCUT2D eigenvalue weighted by molar-refractivity contribution is 6.00. The fourth-order valence-corrected chi connectivity index (χ4v) is 2.77. The van der Waals surface area contributed by atoms with Gasteiger partial charge >= 0.3 is 0 Å². The second kappa shape index (κ2) is 8.77. The van der Waals surface area contributed by atoms with Crippen molar-refractivity contribution in [1.29, 1.82) is 0 Å². The lowest BCUT2D eigenvalue weighted by Gasteiger charge is -2.30. The number of hydrogen-bond donors (Lipinski definition) is 1. The Morgan fingerprint density at radius 2 is 1.81 bits per heavy atom. The van der Waals surface area contributed by atoms with Gasteiger partial charge in [0.2, 0.25) is 5.91 Å². The first-order valence-corrected chi connectivity index (χ1v) is 8.85.